The Morgan fingerprint density at radius 2 is 2.25 bits per heavy atom. The lowest BCUT2D eigenvalue weighted by molar-refractivity contribution is -0.140. The molecular weight excluding hydrogens is 106 g/mol. The zero-order chi connectivity index (χ0) is 6.15. The molecule has 0 aliphatic carbocycles. The third-order valence-electron chi connectivity index (χ3n) is 1.39. The normalized spacial score (nSPS) is 22.6. The van der Waals surface area contributed by atoms with E-state index in [-0.39, 0.29) is 6.04 Å². The van der Waals surface area contributed by atoms with Gasteiger partial charge in [-0.05, 0) is 6.92 Å². The van der Waals surface area contributed by atoms with Crippen LogP contribution in [0, 0.1) is 0 Å². The molecule has 1 N–H and O–H groups in total. The van der Waals surface area contributed by atoms with Crippen LogP contribution in [-0.4, -0.2) is 35.1 Å². The molecule has 0 aromatic carbocycles. The summed E-state index contributed by atoms with van der Waals surface area (Å²) in [5.41, 5.74) is 0. The number of carbonyl (C=O) groups is 1. The first-order valence-corrected chi connectivity index (χ1v) is 2.68. The van der Waals surface area contributed by atoms with E-state index in [1.165, 1.54) is 0 Å². The van der Waals surface area contributed by atoms with Crippen LogP contribution in [0.3, 0.4) is 0 Å². The first-order valence-electron chi connectivity index (χ1n) is 2.68. The highest BCUT2D eigenvalue weighted by Gasteiger charge is 2.28. The zero-order valence-electron chi connectivity index (χ0n) is 4.79. The molecule has 0 bridgehead atoms. The van der Waals surface area contributed by atoms with Gasteiger partial charge in [-0.25, -0.2) is 0 Å². The van der Waals surface area contributed by atoms with E-state index in [1.54, 1.807) is 6.92 Å². The fourth-order valence-electron chi connectivity index (χ4n) is 0.601. The van der Waals surface area contributed by atoms with E-state index in [2.05, 4.69) is 0 Å². The summed E-state index contributed by atoms with van der Waals surface area (Å²) in [6.45, 7) is 3.61. The summed E-state index contributed by atoms with van der Waals surface area (Å²) in [5, 5.41) is 8.35. The van der Waals surface area contributed by atoms with E-state index in [0.29, 0.717) is 0 Å². The maximum absolute atomic E-state index is 10.1. The van der Waals surface area contributed by atoms with E-state index < -0.39 is 5.97 Å². The zero-order valence-corrected chi connectivity index (χ0v) is 4.79. The van der Waals surface area contributed by atoms with Crippen LogP contribution in [-0.2, 0) is 4.79 Å². The molecule has 46 valence electrons. The molecular formula is C5H9NO2. The van der Waals surface area contributed by atoms with E-state index in [0.717, 1.165) is 13.1 Å². The number of hydrogen-bond donors (Lipinski definition) is 1. The van der Waals surface area contributed by atoms with Crippen molar-refractivity contribution in [2.24, 2.45) is 0 Å². The van der Waals surface area contributed by atoms with Crippen molar-refractivity contribution in [3.63, 3.8) is 0 Å². The first kappa shape index (κ1) is 5.56. The highest BCUT2D eigenvalue weighted by atomic mass is 16.4. The molecule has 0 saturated carbocycles. The Balaban J connectivity index is 2.32. The maximum atomic E-state index is 10.1. The van der Waals surface area contributed by atoms with E-state index in [1.807, 2.05) is 4.90 Å². The van der Waals surface area contributed by atoms with E-state index >= 15 is 0 Å². The van der Waals surface area contributed by atoms with Crippen LogP contribution in [0.25, 0.3) is 0 Å². The largest absolute Gasteiger partial charge is 0.480 e. The maximum Gasteiger partial charge on any atom is 0.320 e. The van der Waals surface area contributed by atoms with Crippen molar-refractivity contribution < 1.29 is 9.90 Å². The molecule has 1 heterocycles. The molecule has 1 fully saturated rings. The standard InChI is InChI=1S/C5H9NO2/c1-4(5(7)8)6-2-3-6/h4H,2-3H2,1H3,(H,7,8). The summed E-state index contributed by atoms with van der Waals surface area (Å²) in [6, 6.07) is -0.269. The van der Waals surface area contributed by atoms with Crippen LogP contribution >= 0.6 is 0 Å². The quantitative estimate of drug-likeness (QED) is 0.505. The molecule has 1 aliphatic heterocycles. The van der Waals surface area contributed by atoms with Crippen molar-refractivity contribution in [1.29, 1.82) is 0 Å². The van der Waals surface area contributed by atoms with Gasteiger partial charge < -0.3 is 5.11 Å². The van der Waals surface area contributed by atoms with Gasteiger partial charge in [0.1, 0.15) is 6.04 Å². The first-order chi connectivity index (χ1) is 3.72. The van der Waals surface area contributed by atoms with Crippen molar-refractivity contribution in [3.05, 3.63) is 0 Å². The van der Waals surface area contributed by atoms with Gasteiger partial charge in [0.05, 0.1) is 0 Å². The number of carboxylic acids is 1. The van der Waals surface area contributed by atoms with Crippen molar-refractivity contribution in [2.75, 3.05) is 13.1 Å². The highest BCUT2D eigenvalue weighted by molar-refractivity contribution is 5.73. The highest BCUT2D eigenvalue weighted by Crippen LogP contribution is 2.08. The average Bonchev–Trinajstić information content (AvgIpc) is 2.43. The Kier molecular flexibility index (Phi) is 1.21. The number of nitrogens with zero attached hydrogens (tertiary/aromatic N) is 1. The fraction of sp³-hybridized carbons (Fsp3) is 0.800. The fourth-order valence-corrected chi connectivity index (χ4v) is 0.601. The van der Waals surface area contributed by atoms with Crippen molar-refractivity contribution >= 4 is 5.97 Å². The van der Waals surface area contributed by atoms with Gasteiger partial charge in [0, 0.05) is 13.1 Å². The summed E-state index contributed by atoms with van der Waals surface area (Å²) in [4.78, 5) is 12.0. The summed E-state index contributed by atoms with van der Waals surface area (Å²) >= 11 is 0. The lowest BCUT2D eigenvalue weighted by atomic mass is 10.3. The molecule has 3 heteroatoms. The number of aliphatic carboxylic acids is 1. The minimum Gasteiger partial charge on any atom is -0.480 e. The summed E-state index contributed by atoms with van der Waals surface area (Å²) in [6.07, 6.45) is 0. The van der Waals surface area contributed by atoms with Gasteiger partial charge in [-0.1, -0.05) is 0 Å². The molecule has 1 unspecified atom stereocenters. The van der Waals surface area contributed by atoms with Gasteiger partial charge in [-0.3, -0.25) is 9.69 Å². The van der Waals surface area contributed by atoms with Gasteiger partial charge in [-0.2, -0.15) is 0 Å². The van der Waals surface area contributed by atoms with E-state index in [4.69, 9.17) is 5.11 Å². The average molecular weight is 115 g/mol. The SMILES string of the molecule is CC(C(=O)O)N1CC1. The second-order valence-corrected chi connectivity index (χ2v) is 2.05. The van der Waals surface area contributed by atoms with E-state index in [9.17, 15) is 4.79 Å². The summed E-state index contributed by atoms with van der Waals surface area (Å²) in [7, 11) is 0. The third-order valence-corrected chi connectivity index (χ3v) is 1.39. The van der Waals surface area contributed by atoms with Crippen molar-refractivity contribution in [2.45, 2.75) is 13.0 Å². The second kappa shape index (κ2) is 1.74. The molecule has 8 heavy (non-hydrogen) atoms. The minimum atomic E-state index is -0.720. The van der Waals surface area contributed by atoms with Crippen LogP contribution in [0.15, 0.2) is 0 Å². The Labute approximate surface area is 47.9 Å². The molecule has 0 radical (unpaired) electrons. The summed E-state index contributed by atoms with van der Waals surface area (Å²) < 4.78 is 0. The predicted molar refractivity (Wildman–Crippen MR) is 28.7 cm³/mol. The van der Waals surface area contributed by atoms with Crippen molar-refractivity contribution in [3.8, 4) is 0 Å². The van der Waals surface area contributed by atoms with Crippen LogP contribution in [0.2, 0.25) is 0 Å². The molecule has 0 aromatic rings. The van der Waals surface area contributed by atoms with Gasteiger partial charge in [0.15, 0.2) is 0 Å². The molecule has 1 aliphatic rings. The molecule has 0 amide bonds. The monoisotopic (exact) mass is 115 g/mol. The van der Waals surface area contributed by atoms with Gasteiger partial charge in [-0.15, -0.1) is 0 Å². The smallest absolute Gasteiger partial charge is 0.320 e. The molecule has 0 aromatic heterocycles. The number of rotatable bonds is 2. The van der Waals surface area contributed by atoms with Crippen molar-refractivity contribution in [1.82, 2.24) is 4.90 Å². The lowest BCUT2D eigenvalue weighted by Crippen LogP contribution is -2.24. The van der Waals surface area contributed by atoms with Gasteiger partial charge >= 0.3 is 5.97 Å². The Bertz CT molecular complexity index is 109. The van der Waals surface area contributed by atoms with Gasteiger partial charge in [0.25, 0.3) is 0 Å². The number of hydrogen-bond acceptors (Lipinski definition) is 2. The molecule has 1 atom stereocenters. The summed E-state index contributed by atoms with van der Waals surface area (Å²) in [5.74, 6) is -0.720. The van der Waals surface area contributed by atoms with Crippen LogP contribution < -0.4 is 0 Å². The van der Waals surface area contributed by atoms with Crippen LogP contribution in [0.5, 0.6) is 0 Å². The Hall–Kier alpha value is -0.570. The second-order valence-electron chi connectivity index (χ2n) is 2.05. The molecule has 3 nitrogen and oxygen atoms in total. The third kappa shape index (κ3) is 0.980. The van der Waals surface area contributed by atoms with Crippen LogP contribution in [0.4, 0.5) is 0 Å². The minimum absolute atomic E-state index is 0.269. The Morgan fingerprint density at radius 3 is 2.38 bits per heavy atom. The molecule has 1 rings (SSSR count). The number of carboxylic acid groups (broad SMARTS) is 1. The lowest BCUT2D eigenvalue weighted by Gasteiger charge is -2.03. The van der Waals surface area contributed by atoms with Crippen LogP contribution in [0.1, 0.15) is 6.92 Å². The molecule has 1 saturated heterocycles. The molecule has 0 spiro atoms. The topological polar surface area (TPSA) is 40.3 Å². The Morgan fingerprint density at radius 1 is 1.75 bits per heavy atom. The predicted octanol–water partition coefficient (Wildman–Crippen LogP) is -0.225. The van der Waals surface area contributed by atoms with Gasteiger partial charge in [0.2, 0.25) is 0 Å².